The first kappa shape index (κ1) is 20.5. The van der Waals surface area contributed by atoms with Gasteiger partial charge in [0.2, 0.25) is 0 Å². The van der Waals surface area contributed by atoms with Crippen LogP contribution in [0, 0.1) is 0 Å². The van der Waals surface area contributed by atoms with E-state index < -0.39 is 0 Å². The molecule has 0 saturated carbocycles. The van der Waals surface area contributed by atoms with Crippen LogP contribution in [0.15, 0.2) is 65.1 Å². The van der Waals surface area contributed by atoms with E-state index in [-0.39, 0.29) is 5.91 Å². The Morgan fingerprint density at radius 2 is 1.67 bits per heavy atom. The van der Waals surface area contributed by atoms with Gasteiger partial charge in [0.25, 0.3) is 5.91 Å². The second-order valence-corrected chi connectivity index (χ2v) is 8.08. The van der Waals surface area contributed by atoms with E-state index in [4.69, 9.17) is 4.74 Å². The third kappa shape index (κ3) is 3.37. The van der Waals surface area contributed by atoms with Crippen LogP contribution in [0.4, 0.5) is 0 Å². The predicted octanol–water partition coefficient (Wildman–Crippen LogP) is 6.10. The Kier molecular flexibility index (Phi) is 5.82. The van der Waals surface area contributed by atoms with Gasteiger partial charge < -0.3 is 14.2 Å². The number of hydrogen-bond donors (Lipinski definition) is 0. The highest BCUT2D eigenvalue weighted by Gasteiger charge is 2.26. The van der Waals surface area contributed by atoms with Gasteiger partial charge in [-0.2, -0.15) is 0 Å². The number of para-hydroxylation sites is 1. The van der Waals surface area contributed by atoms with Gasteiger partial charge in [0.15, 0.2) is 0 Å². The van der Waals surface area contributed by atoms with Gasteiger partial charge in [0, 0.05) is 35.0 Å². The number of benzene rings is 3. The molecule has 0 aliphatic heterocycles. The van der Waals surface area contributed by atoms with E-state index in [1.807, 2.05) is 36.9 Å². The molecule has 0 bridgehead atoms. The summed E-state index contributed by atoms with van der Waals surface area (Å²) in [6, 6.07) is 20.8. The topological polar surface area (TPSA) is 34.5 Å². The minimum Gasteiger partial charge on any atom is -0.495 e. The maximum atomic E-state index is 13.3. The van der Waals surface area contributed by atoms with Gasteiger partial charge in [-0.05, 0) is 47.5 Å². The summed E-state index contributed by atoms with van der Waals surface area (Å²) in [5.41, 5.74) is 3.96. The normalized spacial score (nSPS) is 11.2. The molecule has 0 aliphatic carbocycles. The summed E-state index contributed by atoms with van der Waals surface area (Å²) >= 11 is 3.67. The molecule has 0 atom stereocenters. The number of ether oxygens (including phenoxy) is 1. The van der Waals surface area contributed by atoms with Gasteiger partial charge >= 0.3 is 0 Å². The molecular weight excluding hydrogens is 440 g/mol. The highest BCUT2D eigenvalue weighted by molar-refractivity contribution is 9.10. The van der Waals surface area contributed by atoms with Gasteiger partial charge in [-0.15, -0.1) is 0 Å². The van der Waals surface area contributed by atoms with Crippen LogP contribution in [0.1, 0.15) is 29.8 Å². The minimum absolute atomic E-state index is 0.0227. The van der Waals surface area contributed by atoms with E-state index in [1.54, 1.807) is 7.11 Å². The van der Waals surface area contributed by atoms with Crippen molar-refractivity contribution < 1.29 is 9.53 Å². The SMILES string of the molecule is CCN(CC)C(=O)c1c(Br)cc2c(c1OC)c1ccccc1n2Cc1ccccc1. The number of hydrogen-bond acceptors (Lipinski definition) is 2. The first-order valence-electron chi connectivity index (χ1n) is 10.2. The number of amides is 1. The molecule has 0 aliphatic rings. The van der Waals surface area contributed by atoms with Crippen LogP contribution in [-0.4, -0.2) is 35.6 Å². The number of rotatable bonds is 6. The largest absolute Gasteiger partial charge is 0.495 e. The van der Waals surface area contributed by atoms with Crippen molar-refractivity contribution in [3.05, 3.63) is 76.3 Å². The summed E-state index contributed by atoms with van der Waals surface area (Å²) in [5, 5.41) is 2.06. The van der Waals surface area contributed by atoms with Crippen molar-refractivity contribution in [3.63, 3.8) is 0 Å². The van der Waals surface area contributed by atoms with Crippen LogP contribution >= 0.6 is 15.9 Å². The van der Waals surface area contributed by atoms with E-state index in [1.165, 1.54) is 5.56 Å². The Labute approximate surface area is 185 Å². The average molecular weight is 465 g/mol. The van der Waals surface area contributed by atoms with Crippen LogP contribution in [0.2, 0.25) is 0 Å². The van der Waals surface area contributed by atoms with Crippen LogP contribution in [0.3, 0.4) is 0 Å². The van der Waals surface area contributed by atoms with Crippen molar-refractivity contribution in [1.29, 1.82) is 0 Å². The molecule has 3 aromatic carbocycles. The monoisotopic (exact) mass is 464 g/mol. The Morgan fingerprint density at radius 3 is 2.33 bits per heavy atom. The fourth-order valence-electron chi connectivity index (χ4n) is 4.15. The van der Waals surface area contributed by atoms with E-state index in [2.05, 4.69) is 63.0 Å². The van der Waals surface area contributed by atoms with Gasteiger partial charge in [-0.25, -0.2) is 0 Å². The fourth-order valence-corrected chi connectivity index (χ4v) is 4.71. The first-order chi connectivity index (χ1) is 14.6. The van der Waals surface area contributed by atoms with E-state index in [0.717, 1.165) is 32.8 Å². The third-order valence-electron chi connectivity index (χ3n) is 5.62. The zero-order valence-corrected chi connectivity index (χ0v) is 19.1. The Balaban J connectivity index is 2.03. The van der Waals surface area contributed by atoms with Crippen molar-refractivity contribution in [3.8, 4) is 5.75 Å². The lowest BCUT2D eigenvalue weighted by Gasteiger charge is -2.21. The van der Waals surface area contributed by atoms with Gasteiger partial charge in [-0.1, -0.05) is 48.5 Å². The molecule has 154 valence electrons. The highest BCUT2D eigenvalue weighted by Crippen LogP contribution is 2.42. The second kappa shape index (κ2) is 8.52. The maximum absolute atomic E-state index is 13.3. The molecule has 4 rings (SSSR count). The van der Waals surface area contributed by atoms with Crippen molar-refractivity contribution in [2.75, 3.05) is 20.2 Å². The van der Waals surface area contributed by atoms with Crippen LogP contribution in [0.25, 0.3) is 21.8 Å². The highest BCUT2D eigenvalue weighted by atomic mass is 79.9. The van der Waals surface area contributed by atoms with E-state index in [9.17, 15) is 4.79 Å². The molecule has 0 unspecified atom stereocenters. The fraction of sp³-hybridized carbons (Fsp3) is 0.240. The van der Waals surface area contributed by atoms with Crippen LogP contribution in [-0.2, 0) is 6.54 Å². The molecule has 0 saturated heterocycles. The Bertz CT molecular complexity index is 1210. The second-order valence-electron chi connectivity index (χ2n) is 7.23. The molecule has 0 spiro atoms. The van der Waals surface area contributed by atoms with Gasteiger partial charge in [0.05, 0.1) is 23.6 Å². The lowest BCUT2D eigenvalue weighted by atomic mass is 10.1. The summed E-state index contributed by atoms with van der Waals surface area (Å²) in [4.78, 5) is 15.1. The summed E-state index contributed by atoms with van der Waals surface area (Å²) in [7, 11) is 1.64. The minimum atomic E-state index is -0.0227. The van der Waals surface area contributed by atoms with E-state index >= 15 is 0 Å². The summed E-state index contributed by atoms with van der Waals surface area (Å²) in [6.45, 7) is 6.03. The number of carbonyl (C=O) groups excluding carboxylic acids is 1. The average Bonchev–Trinajstić information content (AvgIpc) is 3.07. The molecule has 4 aromatic rings. The number of fused-ring (bicyclic) bond motifs is 3. The lowest BCUT2D eigenvalue weighted by Crippen LogP contribution is -2.31. The van der Waals surface area contributed by atoms with Crippen molar-refractivity contribution in [2.45, 2.75) is 20.4 Å². The van der Waals surface area contributed by atoms with Gasteiger partial charge in [-0.3, -0.25) is 4.79 Å². The van der Waals surface area contributed by atoms with Crippen LogP contribution < -0.4 is 4.74 Å². The van der Waals surface area contributed by atoms with Crippen molar-refractivity contribution in [2.24, 2.45) is 0 Å². The summed E-state index contributed by atoms with van der Waals surface area (Å²) in [6.07, 6.45) is 0. The zero-order chi connectivity index (χ0) is 21.3. The number of nitrogens with zero attached hydrogens (tertiary/aromatic N) is 2. The van der Waals surface area contributed by atoms with Crippen LogP contribution in [0.5, 0.6) is 5.75 Å². The third-order valence-corrected chi connectivity index (χ3v) is 6.25. The molecule has 0 fully saturated rings. The maximum Gasteiger partial charge on any atom is 0.258 e. The number of methoxy groups -OCH3 is 1. The summed E-state index contributed by atoms with van der Waals surface area (Å²) < 4.78 is 8.92. The molecule has 0 radical (unpaired) electrons. The molecule has 0 N–H and O–H groups in total. The molecule has 1 aromatic heterocycles. The first-order valence-corrected chi connectivity index (χ1v) is 11.0. The quantitative estimate of drug-likeness (QED) is 0.345. The standard InChI is InChI=1S/C25H25BrN2O2/c1-4-27(5-2)25(29)23-19(26)15-21-22(24(23)30-3)18-13-9-10-14-20(18)28(21)16-17-11-7-6-8-12-17/h6-15H,4-5,16H2,1-3H3. The number of aromatic nitrogens is 1. The molecule has 5 heteroatoms. The van der Waals surface area contributed by atoms with Crippen molar-refractivity contribution >= 4 is 43.6 Å². The molecule has 1 amide bonds. The van der Waals surface area contributed by atoms with Gasteiger partial charge in [0.1, 0.15) is 5.75 Å². The Morgan fingerprint density at radius 1 is 1.00 bits per heavy atom. The molecule has 1 heterocycles. The summed E-state index contributed by atoms with van der Waals surface area (Å²) in [5.74, 6) is 0.602. The molecule has 4 nitrogen and oxygen atoms in total. The van der Waals surface area contributed by atoms with E-state index in [0.29, 0.717) is 24.4 Å². The number of halogens is 1. The predicted molar refractivity (Wildman–Crippen MR) is 126 cm³/mol. The smallest absolute Gasteiger partial charge is 0.258 e. The number of carbonyl (C=O) groups is 1. The van der Waals surface area contributed by atoms with Crippen molar-refractivity contribution in [1.82, 2.24) is 9.47 Å². The molecular formula is C25H25BrN2O2. The Hall–Kier alpha value is -2.79. The molecule has 30 heavy (non-hydrogen) atoms. The zero-order valence-electron chi connectivity index (χ0n) is 17.5. The lowest BCUT2D eigenvalue weighted by molar-refractivity contribution is 0.0769.